The second kappa shape index (κ2) is 7.81. The molecule has 0 saturated carbocycles. The van der Waals surface area contributed by atoms with E-state index in [4.69, 9.17) is 16.3 Å². The predicted octanol–water partition coefficient (Wildman–Crippen LogP) is 4.26. The summed E-state index contributed by atoms with van der Waals surface area (Å²) in [6.45, 7) is 0. The van der Waals surface area contributed by atoms with Crippen molar-refractivity contribution in [1.82, 2.24) is 10.3 Å². The van der Waals surface area contributed by atoms with Gasteiger partial charge in [0.2, 0.25) is 0 Å². The molecule has 5 heteroatoms. The van der Waals surface area contributed by atoms with Gasteiger partial charge in [-0.05, 0) is 35.9 Å². The lowest BCUT2D eigenvalue weighted by Crippen LogP contribution is -2.30. The fourth-order valence-corrected chi connectivity index (χ4v) is 2.76. The predicted molar refractivity (Wildman–Crippen MR) is 98.0 cm³/mol. The van der Waals surface area contributed by atoms with Crippen LogP contribution >= 0.6 is 11.6 Å². The van der Waals surface area contributed by atoms with Crippen LogP contribution in [0.3, 0.4) is 0 Å². The van der Waals surface area contributed by atoms with Gasteiger partial charge in [-0.15, -0.1) is 0 Å². The summed E-state index contributed by atoms with van der Waals surface area (Å²) in [6.07, 6.45) is 1.71. The molecule has 3 rings (SSSR count). The molecule has 1 heterocycles. The number of methoxy groups -OCH3 is 1. The summed E-state index contributed by atoms with van der Waals surface area (Å²) >= 11 is 6.04. The number of hydrogen-bond acceptors (Lipinski definition) is 3. The summed E-state index contributed by atoms with van der Waals surface area (Å²) in [4.78, 5) is 17.2. The molecule has 2 aromatic carbocycles. The minimum atomic E-state index is -0.376. The van der Waals surface area contributed by atoms with E-state index >= 15 is 0 Å². The third-order valence-electron chi connectivity index (χ3n) is 3.80. The van der Waals surface area contributed by atoms with Crippen LogP contribution in [0.25, 0.3) is 0 Å². The van der Waals surface area contributed by atoms with E-state index in [1.54, 1.807) is 24.4 Å². The van der Waals surface area contributed by atoms with Gasteiger partial charge in [0.05, 0.1) is 24.4 Å². The quantitative estimate of drug-likeness (QED) is 0.746. The van der Waals surface area contributed by atoms with Gasteiger partial charge in [0.1, 0.15) is 5.75 Å². The minimum absolute atomic E-state index is 0.279. The van der Waals surface area contributed by atoms with Crippen molar-refractivity contribution in [2.75, 3.05) is 7.11 Å². The van der Waals surface area contributed by atoms with Crippen LogP contribution in [0.1, 0.15) is 27.7 Å². The molecule has 0 spiro atoms. The van der Waals surface area contributed by atoms with Crippen molar-refractivity contribution in [3.63, 3.8) is 0 Å². The van der Waals surface area contributed by atoms with Crippen LogP contribution in [-0.4, -0.2) is 18.0 Å². The molecule has 25 heavy (non-hydrogen) atoms. The van der Waals surface area contributed by atoms with Crippen LogP contribution in [0.5, 0.6) is 5.75 Å². The average Bonchev–Trinajstić information content (AvgIpc) is 2.67. The molecule has 0 saturated heterocycles. The Kier molecular flexibility index (Phi) is 5.31. The van der Waals surface area contributed by atoms with Crippen molar-refractivity contribution in [2.24, 2.45) is 0 Å². The molecule has 3 aromatic rings. The fraction of sp³-hybridized carbons (Fsp3) is 0.100. The van der Waals surface area contributed by atoms with E-state index in [1.807, 2.05) is 48.5 Å². The van der Waals surface area contributed by atoms with Crippen molar-refractivity contribution >= 4 is 17.5 Å². The van der Waals surface area contributed by atoms with E-state index in [2.05, 4.69) is 10.3 Å². The Morgan fingerprint density at radius 3 is 2.52 bits per heavy atom. The number of carbonyl (C=O) groups excluding carboxylic acids is 1. The zero-order valence-corrected chi connectivity index (χ0v) is 14.4. The number of nitrogens with one attached hydrogen (secondary N) is 1. The summed E-state index contributed by atoms with van der Waals surface area (Å²) < 4.78 is 5.28. The number of ether oxygens (including phenoxy) is 1. The first-order chi connectivity index (χ1) is 12.2. The van der Waals surface area contributed by atoms with Crippen LogP contribution in [-0.2, 0) is 0 Å². The average molecular weight is 353 g/mol. The molecule has 1 unspecified atom stereocenters. The van der Waals surface area contributed by atoms with Gasteiger partial charge in [0, 0.05) is 11.2 Å². The van der Waals surface area contributed by atoms with E-state index in [0.717, 1.165) is 11.3 Å². The van der Waals surface area contributed by atoms with Gasteiger partial charge >= 0.3 is 0 Å². The number of amides is 1. The molecule has 1 N–H and O–H groups in total. The van der Waals surface area contributed by atoms with E-state index < -0.39 is 0 Å². The minimum Gasteiger partial charge on any atom is -0.496 e. The molecular weight excluding hydrogens is 336 g/mol. The number of carbonyl (C=O) groups is 1. The van der Waals surface area contributed by atoms with Crippen molar-refractivity contribution < 1.29 is 9.53 Å². The maximum atomic E-state index is 12.9. The standard InChI is InChI=1S/C20H17ClN2O2/c1-25-18-11-10-15(21)13-16(18)20(24)23-19(14-7-3-2-4-8-14)17-9-5-6-12-22-17/h2-13,19H,1H3,(H,23,24). The molecule has 1 aromatic heterocycles. The van der Waals surface area contributed by atoms with Crippen LogP contribution < -0.4 is 10.1 Å². The molecule has 4 nitrogen and oxygen atoms in total. The van der Waals surface area contributed by atoms with Gasteiger partial charge in [-0.3, -0.25) is 9.78 Å². The number of pyridine rings is 1. The third-order valence-corrected chi connectivity index (χ3v) is 4.03. The summed E-state index contributed by atoms with van der Waals surface area (Å²) in [5, 5.41) is 3.50. The summed E-state index contributed by atoms with van der Waals surface area (Å²) in [6, 6.07) is 19.9. The summed E-state index contributed by atoms with van der Waals surface area (Å²) in [5.74, 6) is 0.189. The van der Waals surface area contributed by atoms with Crippen molar-refractivity contribution in [3.8, 4) is 5.75 Å². The van der Waals surface area contributed by atoms with Gasteiger partial charge in [-0.1, -0.05) is 48.0 Å². The second-order valence-corrected chi connectivity index (χ2v) is 5.85. The van der Waals surface area contributed by atoms with Crippen LogP contribution in [0.4, 0.5) is 0 Å². The smallest absolute Gasteiger partial charge is 0.255 e. The fourth-order valence-electron chi connectivity index (χ4n) is 2.59. The molecular formula is C20H17ClN2O2. The number of halogens is 1. The number of hydrogen-bond donors (Lipinski definition) is 1. The monoisotopic (exact) mass is 352 g/mol. The Morgan fingerprint density at radius 2 is 1.84 bits per heavy atom. The highest BCUT2D eigenvalue weighted by molar-refractivity contribution is 6.31. The van der Waals surface area contributed by atoms with Crippen LogP contribution in [0.15, 0.2) is 72.9 Å². The number of nitrogens with zero attached hydrogens (tertiary/aromatic N) is 1. The molecule has 0 fully saturated rings. The molecule has 0 radical (unpaired) electrons. The number of aromatic nitrogens is 1. The Morgan fingerprint density at radius 1 is 1.08 bits per heavy atom. The van der Waals surface area contributed by atoms with E-state index in [0.29, 0.717) is 16.3 Å². The number of rotatable bonds is 5. The first-order valence-electron chi connectivity index (χ1n) is 7.79. The lowest BCUT2D eigenvalue weighted by atomic mass is 10.0. The first-order valence-corrected chi connectivity index (χ1v) is 8.17. The van der Waals surface area contributed by atoms with E-state index in [-0.39, 0.29) is 11.9 Å². The molecule has 0 aliphatic heterocycles. The van der Waals surface area contributed by atoms with E-state index in [1.165, 1.54) is 7.11 Å². The van der Waals surface area contributed by atoms with Gasteiger partial charge in [-0.25, -0.2) is 0 Å². The first kappa shape index (κ1) is 17.0. The Hall–Kier alpha value is -2.85. The van der Waals surface area contributed by atoms with E-state index in [9.17, 15) is 4.79 Å². The van der Waals surface area contributed by atoms with Crippen molar-refractivity contribution in [2.45, 2.75) is 6.04 Å². The lowest BCUT2D eigenvalue weighted by molar-refractivity contribution is 0.0939. The highest BCUT2D eigenvalue weighted by Crippen LogP contribution is 2.25. The Balaban J connectivity index is 1.96. The SMILES string of the molecule is COc1ccc(Cl)cc1C(=O)NC(c1ccccc1)c1ccccn1. The Bertz CT molecular complexity index is 815. The maximum absolute atomic E-state index is 12.9. The van der Waals surface area contributed by atoms with Crippen LogP contribution in [0, 0.1) is 0 Å². The topological polar surface area (TPSA) is 51.2 Å². The second-order valence-electron chi connectivity index (χ2n) is 5.42. The van der Waals surface area contributed by atoms with Crippen molar-refractivity contribution in [1.29, 1.82) is 0 Å². The van der Waals surface area contributed by atoms with Gasteiger partial charge < -0.3 is 10.1 Å². The van der Waals surface area contributed by atoms with Crippen LogP contribution in [0.2, 0.25) is 5.02 Å². The lowest BCUT2D eigenvalue weighted by Gasteiger charge is -2.19. The largest absolute Gasteiger partial charge is 0.496 e. The third kappa shape index (κ3) is 3.98. The summed E-state index contributed by atoms with van der Waals surface area (Å²) in [5.41, 5.74) is 2.07. The zero-order valence-electron chi connectivity index (χ0n) is 13.6. The maximum Gasteiger partial charge on any atom is 0.255 e. The van der Waals surface area contributed by atoms with Gasteiger partial charge in [0.25, 0.3) is 5.91 Å². The molecule has 126 valence electrons. The normalized spacial score (nSPS) is 11.6. The number of benzene rings is 2. The molecule has 1 atom stereocenters. The molecule has 0 aliphatic rings. The van der Waals surface area contributed by atoms with Crippen molar-refractivity contribution in [3.05, 3.63) is 94.8 Å². The van der Waals surface area contributed by atoms with Gasteiger partial charge in [-0.2, -0.15) is 0 Å². The van der Waals surface area contributed by atoms with Gasteiger partial charge in [0.15, 0.2) is 0 Å². The molecule has 0 bridgehead atoms. The summed E-state index contributed by atoms with van der Waals surface area (Å²) in [7, 11) is 1.52. The highest BCUT2D eigenvalue weighted by atomic mass is 35.5. The molecule has 1 amide bonds. The zero-order chi connectivity index (χ0) is 17.6. The molecule has 0 aliphatic carbocycles. The Labute approximate surface area is 151 Å². The highest BCUT2D eigenvalue weighted by Gasteiger charge is 2.21.